The summed E-state index contributed by atoms with van der Waals surface area (Å²) in [6.07, 6.45) is 4.45. The highest BCUT2D eigenvalue weighted by atomic mass is 79.9. The van der Waals surface area contributed by atoms with Crippen LogP contribution >= 0.6 is 15.9 Å². The molecular weight excluding hydrogens is 333 g/mol. The van der Waals surface area contributed by atoms with Gasteiger partial charge >= 0.3 is 0 Å². The van der Waals surface area contributed by atoms with Crippen molar-refractivity contribution in [3.63, 3.8) is 0 Å². The van der Waals surface area contributed by atoms with Gasteiger partial charge in [0.1, 0.15) is 17.7 Å². The third-order valence-electron chi connectivity index (χ3n) is 4.86. The Balaban J connectivity index is 2.09. The zero-order chi connectivity index (χ0) is 15.5. The van der Waals surface area contributed by atoms with E-state index in [1.165, 1.54) is 12.1 Å². The SMILES string of the molecule is CCCNC1CC(Oc2cc(F)cc(Br)c2)C1(CC)CC. The summed E-state index contributed by atoms with van der Waals surface area (Å²) in [5.41, 5.74) is 0.161. The van der Waals surface area contributed by atoms with Gasteiger partial charge in [0.25, 0.3) is 0 Å². The lowest BCUT2D eigenvalue weighted by Crippen LogP contribution is -2.64. The maximum atomic E-state index is 13.5. The Hall–Kier alpha value is -0.610. The van der Waals surface area contributed by atoms with Crippen LogP contribution < -0.4 is 10.1 Å². The second-order valence-corrected chi connectivity index (χ2v) is 6.81. The van der Waals surface area contributed by atoms with Crippen molar-refractivity contribution in [2.75, 3.05) is 6.54 Å². The molecule has 1 saturated carbocycles. The highest BCUT2D eigenvalue weighted by molar-refractivity contribution is 9.10. The van der Waals surface area contributed by atoms with Crippen LogP contribution in [0.15, 0.2) is 22.7 Å². The molecule has 2 atom stereocenters. The van der Waals surface area contributed by atoms with Gasteiger partial charge in [0.15, 0.2) is 0 Å². The molecule has 118 valence electrons. The summed E-state index contributed by atoms with van der Waals surface area (Å²) in [5, 5.41) is 3.64. The van der Waals surface area contributed by atoms with Crippen molar-refractivity contribution in [3.05, 3.63) is 28.5 Å². The van der Waals surface area contributed by atoms with Crippen molar-refractivity contribution in [3.8, 4) is 5.75 Å². The Morgan fingerprint density at radius 1 is 1.29 bits per heavy atom. The minimum atomic E-state index is -0.266. The number of halogens is 2. The summed E-state index contributed by atoms with van der Waals surface area (Å²) in [6, 6.07) is 5.26. The summed E-state index contributed by atoms with van der Waals surface area (Å²) < 4.78 is 20.3. The molecule has 0 bridgehead atoms. The van der Waals surface area contributed by atoms with Gasteiger partial charge in [0.05, 0.1) is 0 Å². The molecule has 4 heteroatoms. The predicted molar refractivity (Wildman–Crippen MR) is 88.2 cm³/mol. The summed E-state index contributed by atoms with van der Waals surface area (Å²) in [4.78, 5) is 0. The molecule has 0 aromatic heterocycles. The molecule has 2 nitrogen and oxygen atoms in total. The van der Waals surface area contributed by atoms with Gasteiger partial charge in [-0.1, -0.05) is 36.7 Å². The van der Waals surface area contributed by atoms with Crippen LogP contribution in [0.1, 0.15) is 46.5 Å². The molecule has 1 aromatic carbocycles. The third-order valence-corrected chi connectivity index (χ3v) is 5.31. The fourth-order valence-electron chi connectivity index (χ4n) is 3.48. The van der Waals surface area contributed by atoms with Crippen LogP contribution in [0.2, 0.25) is 0 Å². The molecular formula is C17H25BrFNO. The van der Waals surface area contributed by atoms with E-state index in [0.717, 1.165) is 36.7 Å². The highest BCUT2D eigenvalue weighted by Gasteiger charge is 2.53. The standard InChI is InChI=1S/C17H25BrFNO/c1-4-7-20-15-11-16(17(15,5-2)6-3)21-14-9-12(18)8-13(19)10-14/h8-10,15-16,20H,4-7,11H2,1-3H3. The minimum absolute atomic E-state index is 0.161. The Morgan fingerprint density at radius 3 is 2.57 bits per heavy atom. The van der Waals surface area contributed by atoms with E-state index in [9.17, 15) is 4.39 Å². The van der Waals surface area contributed by atoms with Crippen LogP contribution in [0.4, 0.5) is 4.39 Å². The number of ether oxygens (including phenoxy) is 1. The van der Waals surface area contributed by atoms with Crippen LogP contribution in [0.5, 0.6) is 5.75 Å². The Bertz CT molecular complexity index is 456. The quantitative estimate of drug-likeness (QED) is 0.748. The number of hydrogen-bond acceptors (Lipinski definition) is 2. The highest BCUT2D eigenvalue weighted by Crippen LogP contribution is 2.49. The molecule has 1 fully saturated rings. The van der Waals surface area contributed by atoms with Crippen molar-refractivity contribution in [2.24, 2.45) is 5.41 Å². The average molecular weight is 358 g/mol. The summed E-state index contributed by atoms with van der Waals surface area (Å²) in [6.45, 7) is 7.68. The second-order valence-electron chi connectivity index (χ2n) is 5.89. The first-order valence-electron chi connectivity index (χ1n) is 7.91. The van der Waals surface area contributed by atoms with E-state index in [1.807, 2.05) is 6.07 Å². The van der Waals surface area contributed by atoms with Crippen LogP contribution in [0.3, 0.4) is 0 Å². The molecule has 2 unspecified atom stereocenters. The van der Waals surface area contributed by atoms with Crippen molar-refractivity contribution >= 4 is 15.9 Å². The molecule has 0 spiro atoms. The Kier molecular flexibility index (Phi) is 5.67. The van der Waals surface area contributed by atoms with E-state index in [4.69, 9.17) is 4.74 Å². The van der Waals surface area contributed by atoms with Crippen molar-refractivity contribution in [1.29, 1.82) is 0 Å². The Labute approximate surface area is 135 Å². The largest absolute Gasteiger partial charge is 0.490 e. The molecule has 1 aliphatic rings. The predicted octanol–water partition coefficient (Wildman–Crippen LogP) is 4.91. The minimum Gasteiger partial charge on any atom is -0.490 e. The van der Waals surface area contributed by atoms with E-state index < -0.39 is 0 Å². The molecule has 0 aliphatic heterocycles. The maximum Gasteiger partial charge on any atom is 0.128 e. The van der Waals surface area contributed by atoms with Crippen molar-refractivity contribution < 1.29 is 9.13 Å². The zero-order valence-corrected chi connectivity index (χ0v) is 14.7. The second kappa shape index (κ2) is 7.10. The van der Waals surface area contributed by atoms with Gasteiger partial charge < -0.3 is 10.1 Å². The van der Waals surface area contributed by atoms with Crippen LogP contribution in [0.25, 0.3) is 0 Å². The molecule has 0 amide bonds. The first-order chi connectivity index (χ1) is 10.1. The lowest BCUT2D eigenvalue weighted by molar-refractivity contribution is -0.0859. The average Bonchev–Trinajstić information content (AvgIpc) is 2.42. The van der Waals surface area contributed by atoms with Gasteiger partial charge in [-0.3, -0.25) is 0 Å². The lowest BCUT2D eigenvalue weighted by Gasteiger charge is -2.55. The molecule has 0 radical (unpaired) electrons. The van der Waals surface area contributed by atoms with Crippen molar-refractivity contribution in [2.45, 2.75) is 58.6 Å². The molecule has 1 aromatic rings. The first kappa shape index (κ1) is 16.8. The zero-order valence-electron chi connectivity index (χ0n) is 13.1. The summed E-state index contributed by atoms with van der Waals surface area (Å²) in [5.74, 6) is 0.352. The molecule has 21 heavy (non-hydrogen) atoms. The summed E-state index contributed by atoms with van der Waals surface area (Å²) >= 11 is 3.32. The topological polar surface area (TPSA) is 21.3 Å². The van der Waals surface area contributed by atoms with E-state index in [-0.39, 0.29) is 17.3 Å². The smallest absolute Gasteiger partial charge is 0.128 e. The number of rotatable bonds is 7. The third kappa shape index (κ3) is 3.42. The van der Waals surface area contributed by atoms with Gasteiger partial charge in [-0.15, -0.1) is 0 Å². The van der Waals surface area contributed by atoms with Crippen LogP contribution in [0, 0.1) is 11.2 Å². The summed E-state index contributed by atoms with van der Waals surface area (Å²) in [7, 11) is 0. The number of benzene rings is 1. The van der Waals surface area contributed by atoms with Crippen molar-refractivity contribution in [1.82, 2.24) is 5.32 Å². The fraction of sp³-hybridized carbons (Fsp3) is 0.647. The van der Waals surface area contributed by atoms with Crippen LogP contribution in [-0.2, 0) is 0 Å². The molecule has 1 aliphatic carbocycles. The monoisotopic (exact) mass is 357 g/mol. The molecule has 0 saturated heterocycles. The number of hydrogen-bond donors (Lipinski definition) is 1. The maximum absolute atomic E-state index is 13.5. The first-order valence-corrected chi connectivity index (χ1v) is 8.71. The van der Waals surface area contributed by atoms with Crippen LogP contribution in [-0.4, -0.2) is 18.7 Å². The van der Waals surface area contributed by atoms with Gasteiger partial charge in [-0.05, 0) is 37.9 Å². The fourth-order valence-corrected chi connectivity index (χ4v) is 3.92. The lowest BCUT2D eigenvalue weighted by atomic mass is 9.58. The van der Waals surface area contributed by atoms with Gasteiger partial charge in [0.2, 0.25) is 0 Å². The number of nitrogens with one attached hydrogen (secondary N) is 1. The van der Waals surface area contributed by atoms with E-state index in [1.54, 1.807) is 0 Å². The molecule has 0 heterocycles. The Morgan fingerprint density at radius 2 is 2.00 bits per heavy atom. The van der Waals surface area contributed by atoms with E-state index in [2.05, 4.69) is 42.0 Å². The van der Waals surface area contributed by atoms with E-state index >= 15 is 0 Å². The molecule has 2 rings (SSSR count). The normalized spacial score (nSPS) is 23.7. The van der Waals surface area contributed by atoms with Gasteiger partial charge in [0, 0.05) is 28.4 Å². The van der Waals surface area contributed by atoms with Gasteiger partial charge in [-0.25, -0.2) is 4.39 Å². The van der Waals surface area contributed by atoms with Gasteiger partial charge in [-0.2, -0.15) is 0 Å². The molecule has 1 N–H and O–H groups in total. The van der Waals surface area contributed by atoms with E-state index in [0.29, 0.717) is 11.8 Å².